The molecule has 150 valence electrons. The lowest BCUT2D eigenvalue weighted by molar-refractivity contribution is -0.146. The number of nitrogens with zero attached hydrogens (tertiary/aromatic N) is 1. The Bertz CT molecular complexity index is 716. The molecule has 27 heavy (non-hydrogen) atoms. The van der Waals surface area contributed by atoms with E-state index in [1.807, 2.05) is 33.8 Å². The number of halogens is 1. The molecular formula is C20H31ClN4O2. The van der Waals surface area contributed by atoms with Crippen molar-refractivity contribution in [1.29, 1.82) is 0 Å². The van der Waals surface area contributed by atoms with Gasteiger partial charge in [0, 0.05) is 24.7 Å². The summed E-state index contributed by atoms with van der Waals surface area (Å²) in [4.78, 5) is 27.6. The summed E-state index contributed by atoms with van der Waals surface area (Å²) in [6, 6.07) is 4.79. The normalized spacial score (nSPS) is 21.2. The van der Waals surface area contributed by atoms with Crippen molar-refractivity contribution in [3.05, 3.63) is 34.3 Å². The van der Waals surface area contributed by atoms with Crippen molar-refractivity contribution in [3.8, 4) is 0 Å². The largest absolute Gasteiger partial charge is 0.350 e. The van der Waals surface area contributed by atoms with Gasteiger partial charge in [-0.3, -0.25) is 9.59 Å². The molecule has 7 heteroatoms. The summed E-state index contributed by atoms with van der Waals surface area (Å²) in [7, 11) is 0. The molecule has 2 rings (SSSR count). The number of nitrogens with two attached hydrogens (primary N) is 2. The Balaban J connectivity index is 2.14. The SMILES string of the molecule is CC(C)(C)[C@H](N)C(=O)N1CCCC1(C)C(=O)NCc1cc(Cl)ccc1CN. The molecule has 0 bridgehead atoms. The molecule has 2 atom stereocenters. The lowest BCUT2D eigenvalue weighted by Crippen LogP contribution is -2.60. The van der Waals surface area contributed by atoms with Crippen molar-refractivity contribution in [3.63, 3.8) is 0 Å². The van der Waals surface area contributed by atoms with E-state index in [-0.39, 0.29) is 17.2 Å². The van der Waals surface area contributed by atoms with Crippen LogP contribution in [0.5, 0.6) is 0 Å². The first-order valence-electron chi connectivity index (χ1n) is 9.33. The molecular weight excluding hydrogens is 364 g/mol. The van der Waals surface area contributed by atoms with E-state index in [2.05, 4.69) is 5.32 Å². The third kappa shape index (κ3) is 4.62. The van der Waals surface area contributed by atoms with Crippen LogP contribution in [0.2, 0.25) is 5.02 Å². The van der Waals surface area contributed by atoms with Crippen molar-refractivity contribution in [2.75, 3.05) is 6.54 Å². The van der Waals surface area contributed by atoms with Crippen LogP contribution in [0.1, 0.15) is 51.7 Å². The topological polar surface area (TPSA) is 101 Å². The van der Waals surface area contributed by atoms with Gasteiger partial charge < -0.3 is 21.7 Å². The standard InChI is InChI=1S/C20H31ClN4O2/c1-19(2,3)16(23)17(26)25-9-5-8-20(25,4)18(27)24-12-14-10-15(21)7-6-13(14)11-22/h6-7,10,16H,5,8-9,11-12,22-23H2,1-4H3,(H,24,27)/t16-,20?/m1/s1. The maximum absolute atomic E-state index is 13.0. The van der Waals surface area contributed by atoms with Gasteiger partial charge in [0.2, 0.25) is 11.8 Å². The van der Waals surface area contributed by atoms with Crippen LogP contribution in [-0.4, -0.2) is 34.8 Å². The van der Waals surface area contributed by atoms with Crippen molar-refractivity contribution in [1.82, 2.24) is 10.2 Å². The zero-order valence-corrected chi connectivity index (χ0v) is 17.4. The average molecular weight is 395 g/mol. The minimum Gasteiger partial charge on any atom is -0.350 e. The second-order valence-corrected chi connectivity index (χ2v) is 8.95. The van der Waals surface area contributed by atoms with Gasteiger partial charge in [-0.2, -0.15) is 0 Å². The molecule has 1 unspecified atom stereocenters. The molecule has 0 saturated carbocycles. The first-order valence-corrected chi connectivity index (χ1v) is 9.71. The summed E-state index contributed by atoms with van der Waals surface area (Å²) in [5.74, 6) is -0.361. The van der Waals surface area contributed by atoms with E-state index in [1.165, 1.54) is 0 Å². The molecule has 1 aliphatic heterocycles. The number of amides is 2. The van der Waals surface area contributed by atoms with Crippen LogP contribution >= 0.6 is 11.6 Å². The van der Waals surface area contributed by atoms with Crippen LogP contribution in [0.15, 0.2) is 18.2 Å². The quantitative estimate of drug-likeness (QED) is 0.712. The van der Waals surface area contributed by atoms with Gasteiger partial charge in [0.05, 0.1) is 6.04 Å². The summed E-state index contributed by atoms with van der Waals surface area (Å²) in [5, 5.41) is 3.55. The van der Waals surface area contributed by atoms with E-state index in [0.717, 1.165) is 17.5 Å². The van der Waals surface area contributed by atoms with Crippen molar-refractivity contribution in [2.24, 2.45) is 16.9 Å². The number of hydrogen-bond acceptors (Lipinski definition) is 4. The first-order chi connectivity index (χ1) is 12.5. The third-order valence-electron chi connectivity index (χ3n) is 5.42. The van der Waals surface area contributed by atoms with Gasteiger partial charge in [-0.25, -0.2) is 0 Å². The molecule has 1 fully saturated rings. The summed E-state index contributed by atoms with van der Waals surface area (Å²) < 4.78 is 0. The number of nitrogens with one attached hydrogen (secondary N) is 1. The van der Waals surface area contributed by atoms with Gasteiger partial charge >= 0.3 is 0 Å². The van der Waals surface area contributed by atoms with Gasteiger partial charge in [-0.15, -0.1) is 0 Å². The van der Waals surface area contributed by atoms with E-state index in [0.29, 0.717) is 31.1 Å². The second kappa shape index (κ2) is 8.17. The van der Waals surface area contributed by atoms with E-state index in [9.17, 15) is 9.59 Å². The van der Waals surface area contributed by atoms with Crippen LogP contribution in [0.25, 0.3) is 0 Å². The maximum Gasteiger partial charge on any atom is 0.245 e. The van der Waals surface area contributed by atoms with Crippen molar-refractivity contribution >= 4 is 23.4 Å². The minimum absolute atomic E-state index is 0.178. The molecule has 0 aromatic heterocycles. The highest BCUT2D eigenvalue weighted by molar-refractivity contribution is 6.30. The maximum atomic E-state index is 13.0. The van der Waals surface area contributed by atoms with Crippen LogP contribution in [0.4, 0.5) is 0 Å². The molecule has 1 aliphatic rings. The fourth-order valence-electron chi connectivity index (χ4n) is 3.42. The number of benzene rings is 1. The fraction of sp³-hybridized carbons (Fsp3) is 0.600. The van der Waals surface area contributed by atoms with E-state index in [4.69, 9.17) is 23.1 Å². The van der Waals surface area contributed by atoms with E-state index in [1.54, 1.807) is 17.0 Å². The van der Waals surface area contributed by atoms with Gasteiger partial charge in [-0.05, 0) is 48.4 Å². The molecule has 1 heterocycles. The highest BCUT2D eigenvalue weighted by Crippen LogP contribution is 2.32. The lowest BCUT2D eigenvalue weighted by atomic mass is 9.85. The molecule has 5 N–H and O–H groups in total. The molecule has 1 aromatic carbocycles. The molecule has 0 radical (unpaired) electrons. The minimum atomic E-state index is -0.901. The van der Waals surface area contributed by atoms with Crippen LogP contribution in [0.3, 0.4) is 0 Å². The van der Waals surface area contributed by atoms with Crippen molar-refractivity contribution in [2.45, 2.75) is 65.2 Å². The Morgan fingerprint density at radius 1 is 1.33 bits per heavy atom. The predicted octanol–water partition coefficient (Wildman–Crippen LogP) is 2.17. The average Bonchev–Trinajstić information content (AvgIpc) is 3.00. The van der Waals surface area contributed by atoms with Crippen LogP contribution in [-0.2, 0) is 22.7 Å². The molecule has 0 aliphatic carbocycles. The van der Waals surface area contributed by atoms with Crippen LogP contribution in [0, 0.1) is 5.41 Å². The summed E-state index contributed by atoms with van der Waals surface area (Å²) in [6.45, 7) is 8.81. The highest BCUT2D eigenvalue weighted by Gasteiger charge is 2.47. The number of rotatable bonds is 5. The van der Waals surface area contributed by atoms with Gasteiger partial charge in [0.25, 0.3) is 0 Å². The summed E-state index contributed by atoms with van der Waals surface area (Å²) in [6.07, 6.45) is 1.39. The van der Waals surface area contributed by atoms with Crippen LogP contribution < -0.4 is 16.8 Å². The molecule has 1 aromatic rings. The zero-order chi connectivity index (χ0) is 20.4. The molecule has 0 spiro atoms. The fourth-order valence-corrected chi connectivity index (χ4v) is 3.61. The molecule has 1 saturated heterocycles. The Labute approximate surface area is 166 Å². The van der Waals surface area contributed by atoms with E-state index < -0.39 is 11.6 Å². The number of likely N-dealkylation sites (tertiary alicyclic amines) is 1. The third-order valence-corrected chi connectivity index (χ3v) is 5.66. The number of hydrogen-bond donors (Lipinski definition) is 3. The Morgan fingerprint density at radius 3 is 2.59 bits per heavy atom. The summed E-state index contributed by atoms with van der Waals surface area (Å²) >= 11 is 6.07. The first kappa shape index (κ1) is 21.7. The highest BCUT2D eigenvalue weighted by atomic mass is 35.5. The van der Waals surface area contributed by atoms with Gasteiger partial charge in [0.15, 0.2) is 0 Å². The molecule has 6 nitrogen and oxygen atoms in total. The Morgan fingerprint density at radius 2 is 2.00 bits per heavy atom. The van der Waals surface area contributed by atoms with E-state index >= 15 is 0 Å². The second-order valence-electron chi connectivity index (χ2n) is 8.51. The number of carbonyl (C=O) groups excluding carboxylic acids is 2. The van der Waals surface area contributed by atoms with Crippen molar-refractivity contribution < 1.29 is 9.59 Å². The van der Waals surface area contributed by atoms with Gasteiger partial charge in [0.1, 0.15) is 5.54 Å². The smallest absolute Gasteiger partial charge is 0.245 e. The molecule has 2 amide bonds. The number of carbonyl (C=O) groups is 2. The Kier molecular flexibility index (Phi) is 6.55. The predicted molar refractivity (Wildman–Crippen MR) is 108 cm³/mol. The summed E-state index contributed by atoms with van der Waals surface area (Å²) in [5.41, 5.74) is 12.5. The van der Waals surface area contributed by atoms with Gasteiger partial charge in [-0.1, -0.05) is 38.4 Å². The monoisotopic (exact) mass is 394 g/mol. The zero-order valence-electron chi connectivity index (χ0n) is 16.6. The Hall–Kier alpha value is -1.63. The lowest BCUT2D eigenvalue weighted by Gasteiger charge is -2.38.